The zero-order valence-corrected chi connectivity index (χ0v) is 23.8. The van der Waals surface area contributed by atoms with Gasteiger partial charge in [-0.05, 0) is 97.3 Å². The highest BCUT2D eigenvalue weighted by Crippen LogP contribution is 2.34. The van der Waals surface area contributed by atoms with Crippen LogP contribution >= 0.6 is 0 Å². The molecule has 1 aliphatic heterocycles. The minimum atomic E-state index is -3.86. The number of ether oxygens (including phenoxy) is 1. The number of amides is 1. The van der Waals surface area contributed by atoms with Crippen molar-refractivity contribution in [2.24, 2.45) is 0 Å². The van der Waals surface area contributed by atoms with Crippen LogP contribution in [0, 0.1) is 0 Å². The molecule has 0 aromatic heterocycles. The Kier molecular flexibility index (Phi) is 8.56. The number of fused-ring (bicyclic) bond motifs is 1. The van der Waals surface area contributed by atoms with Crippen LogP contribution in [-0.2, 0) is 34.2 Å². The first-order valence-corrected chi connectivity index (χ1v) is 15.4. The molecule has 40 heavy (non-hydrogen) atoms. The molecule has 2 aliphatic rings. The van der Waals surface area contributed by atoms with Gasteiger partial charge in [0.25, 0.3) is 0 Å². The van der Waals surface area contributed by atoms with Crippen molar-refractivity contribution in [1.82, 2.24) is 9.62 Å². The summed E-state index contributed by atoms with van der Waals surface area (Å²) >= 11 is 0. The normalized spacial score (nSPS) is 21.1. The standard InChI is InChI=1S/C31H37N3O5S/c1-3-21-9-14-26(15-10-21)40(37,38)33-30-27-19-24(13-11-23(27)12-16-29(30)35)32-31(36)28-8-5-17-34(28)20-22-6-4-7-25(18-22)39-2/h4,6-7,9-11,13-15,18-19,28-30,33,35H,3,5,8,12,16-17,20H2,1-2H3,(H,32,36)/t28-,29-,30-/m1/s1. The average Bonchev–Trinajstić information content (AvgIpc) is 3.43. The zero-order chi connectivity index (χ0) is 28.3. The number of anilines is 1. The van der Waals surface area contributed by atoms with E-state index in [1.807, 2.05) is 43.3 Å². The van der Waals surface area contributed by atoms with E-state index in [2.05, 4.69) is 14.9 Å². The number of aliphatic hydroxyl groups excluding tert-OH is 1. The van der Waals surface area contributed by atoms with Crippen molar-refractivity contribution in [1.29, 1.82) is 0 Å². The lowest BCUT2D eigenvalue weighted by Gasteiger charge is -2.31. The molecule has 1 heterocycles. The minimum Gasteiger partial charge on any atom is -0.497 e. The number of rotatable bonds is 9. The van der Waals surface area contributed by atoms with Gasteiger partial charge in [0.05, 0.1) is 30.2 Å². The number of likely N-dealkylation sites (tertiary alicyclic amines) is 1. The number of carbonyl (C=O) groups is 1. The highest BCUT2D eigenvalue weighted by molar-refractivity contribution is 7.89. The Balaban J connectivity index is 1.32. The molecular weight excluding hydrogens is 526 g/mol. The van der Waals surface area contributed by atoms with E-state index in [9.17, 15) is 18.3 Å². The van der Waals surface area contributed by atoms with Crippen LogP contribution < -0.4 is 14.8 Å². The van der Waals surface area contributed by atoms with Gasteiger partial charge in [-0.2, -0.15) is 0 Å². The molecule has 0 unspecified atom stereocenters. The average molecular weight is 564 g/mol. The first-order chi connectivity index (χ1) is 19.3. The summed E-state index contributed by atoms with van der Waals surface area (Å²) in [5.74, 6) is 0.696. The third-order valence-electron chi connectivity index (χ3n) is 7.95. The lowest BCUT2D eigenvalue weighted by molar-refractivity contribution is -0.120. The number of nitrogens with one attached hydrogen (secondary N) is 2. The molecule has 1 saturated heterocycles. The lowest BCUT2D eigenvalue weighted by atomic mass is 9.86. The van der Waals surface area contributed by atoms with Crippen molar-refractivity contribution in [3.8, 4) is 5.75 Å². The third kappa shape index (κ3) is 6.23. The van der Waals surface area contributed by atoms with Crippen LogP contribution in [0.4, 0.5) is 5.69 Å². The number of hydrogen-bond donors (Lipinski definition) is 3. The summed E-state index contributed by atoms with van der Waals surface area (Å²) in [6.07, 6.45) is 2.71. The van der Waals surface area contributed by atoms with E-state index in [-0.39, 0.29) is 16.8 Å². The Morgan fingerprint density at radius 3 is 2.60 bits per heavy atom. The fourth-order valence-corrected chi connectivity index (χ4v) is 6.94. The molecule has 3 aromatic carbocycles. The SMILES string of the molecule is CCc1ccc(S(=O)(=O)N[C@@H]2c3cc(NC(=O)[C@H]4CCCN4Cc4cccc(OC)c4)ccc3CC[C@H]2O)cc1. The largest absolute Gasteiger partial charge is 0.497 e. The van der Waals surface area contributed by atoms with Crippen molar-refractivity contribution in [3.63, 3.8) is 0 Å². The predicted octanol–water partition coefficient (Wildman–Crippen LogP) is 4.19. The van der Waals surface area contributed by atoms with Crippen LogP contribution in [0.1, 0.15) is 54.5 Å². The van der Waals surface area contributed by atoms with Crippen LogP contribution in [0.5, 0.6) is 5.75 Å². The smallest absolute Gasteiger partial charge is 0.241 e. The van der Waals surface area contributed by atoms with Crippen molar-refractivity contribution in [2.45, 2.75) is 68.7 Å². The van der Waals surface area contributed by atoms with Gasteiger partial charge >= 0.3 is 0 Å². The van der Waals surface area contributed by atoms with Gasteiger partial charge in [0.1, 0.15) is 5.75 Å². The van der Waals surface area contributed by atoms with Gasteiger partial charge in [-0.3, -0.25) is 9.69 Å². The van der Waals surface area contributed by atoms with Gasteiger partial charge in [-0.15, -0.1) is 0 Å². The number of carbonyl (C=O) groups excluding carboxylic acids is 1. The molecule has 1 amide bonds. The highest BCUT2D eigenvalue weighted by atomic mass is 32.2. The van der Waals surface area contributed by atoms with Crippen LogP contribution in [0.3, 0.4) is 0 Å². The predicted molar refractivity (Wildman–Crippen MR) is 155 cm³/mol. The molecule has 0 spiro atoms. The first-order valence-electron chi connectivity index (χ1n) is 13.9. The van der Waals surface area contributed by atoms with Gasteiger partial charge in [-0.25, -0.2) is 13.1 Å². The Morgan fingerprint density at radius 1 is 1.05 bits per heavy atom. The van der Waals surface area contributed by atoms with Crippen molar-refractivity contribution in [2.75, 3.05) is 19.0 Å². The minimum absolute atomic E-state index is 0.0927. The van der Waals surface area contributed by atoms with Crippen LogP contribution in [0.15, 0.2) is 71.6 Å². The molecule has 3 N–H and O–H groups in total. The second-order valence-corrected chi connectivity index (χ2v) is 12.3. The molecule has 9 heteroatoms. The molecule has 0 saturated carbocycles. The molecule has 0 bridgehead atoms. The van der Waals surface area contributed by atoms with Crippen LogP contribution in [0.25, 0.3) is 0 Å². The van der Waals surface area contributed by atoms with Crippen molar-refractivity contribution >= 4 is 21.6 Å². The fraction of sp³-hybridized carbons (Fsp3) is 0.387. The molecule has 3 atom stereocenters. The van der Waals surface area contributed by atoms with E-state index < -0.39 is 22.2 Å². The second kappa shape index (κ2) is 12.1. The third-order valence-corrected chi connectivity index (χ3v) is 9.41. The summed E-state index contributed by atoms with van der Waals surface area (Å²) in [7, 11) is -2.22. The number of benzene rings is 3. The first kappa shape index (κ1) is 28.3. The van der Waals surface area contributed by atoms with E-state index in [4.69, 9.17) is 4.74 Å². The quantitative estimate of drug-likeness (QED) is 0.361. The molecular formula is C31H37N3O5S. The number of aliphatic hydroxyl groups is 1. The van der Waals surface area contributed by atoms with Gasteiger partial charge in [0.2, 0.25) is 15.9 Å². The second-order valence-electron chi connectivity index (χ2n) is 10.6. The molecule has 1 aliphatic carbocycles. The fourth-order valence-electron chi connectivity index (χ4n) is 5.69. The molecule has 1 fully saturated rings. The summed E-state index contributed by atoms with van der Waals surface area (Å²) in [5, 5.41) is 13.9. The number of sulfonamides is 1. The number of aryl methyl sites for hydroxylation is 2. The number of hydrogen-bond acceptors (Lipinski definition) is 6. The van der Waals surface area contributed by atoms with Gasteiger partial charge in [0.15, 0.2) is 0 Å². The Hall–Kier alpha value is -3.24. The highest BCUT2D eigenvalue weighted by Gasteiger charge is 2.34. The van der Waals surface area contributed by atoms with Crippen LogP contribution in [0.2, 0.25) is 0 Å². The van der Waals surface area contributed by atoms with E-state index >= 15 is 0 Å². The Labute approximate surface area is 236 Å². The maximum atomic E-state index is 13.4. The summed E-state index contributed by atoms with van der Waals surface area (Å²) in [6.45, 7) is 3.49. The van der Waals surface area contributed by atoms with Crippen molar-refractivity contribution in [3.05, 3.63) is 89.0 Å². The molecule has 5 rings (SSSR count). The monoisotopic (exact) mass is 563 g/mol. The topological polar surface area (TPSA) is 108 Å². The van der Waals surface area contributed by atoms with E-state index in [0.717, 1.165) is 48.2 Å². The van der Waals surface area contributed by atoms with Crippen molar-refractivity contribution < 1.29 is 23.1 Å². The van der Waals surface area contributed by atoms with E-state index in [1.54, 1.807) is 37.4 Å². The Morgan fingerprint density at radius 2 is 1.85 bits per heavy atom. The molecule has 3 aromatic rings. The summed E-state index contributed by atoms with van der Waals surface area (Å²) < 4.78 is 34.5. The van der Waals surface area contributed by atoms with Crippen LogP contribution in [-0.4, -0.2) is 50.1 Å². The lowest BCUT2D eigenvalue weighted by Crippen LogP contribution is -2.40. The molecule has 8 nitrogen and oxygen atoms in total. The zero-order valence-electron chi connectivity index (χ0n) is 23.0. The summed E-state index contributed by atoms with van der Waals surface area (Å²) in [5.41, 5.74) is 4.36. The Bertz CT molecular complexity index is 1460. The number of methoxy groups -OCH3 is 1. The van der Waals surface area contributed by atoms with E-state index in [0.29, 0.717) is 30.6 Å². The summed E-state index contributed by atoms with van der Waals surface area (Å²) in [6, 6.07) is 19.1. The molecule has 0 radical (unpaired) electrons. The van der Waals surface area contributed by atoms with E-state index in [1.165, 1.54) is 0 Å². The van der Waals surface area contributed by atoms with Gasteiger partial charge in [-0.1, -0.05) is 37.3 Å². The summed E-state index contributed by atoms with van der Waals surface area (Å²) in [4.78, 5) is 15.7. The maximum Gasteiger partial charge on any atom is 0.241 e. The number of nitrogens with zero attached hydrogens (tertiary/aromatic N) is 1. The maximum absolute atomic E-state index is 13.4. The van der Waals surface area contributed by atoms with Gasteiger partial charge in [0, 0.05) is 12.2 Å². The molecule has 212 valence electrons. The van der Waals surface area contributed by atoms with Gasteiger partial charge < -0.3 is 15.2 Å².